The molecule has 1 aromatic heterocycles. The van der Waals surface area contributed by atoms with E-state index in [1.54, 1.807) is 13.3 Å². The second kappa shape index (κ2) is 5.59. The Morgan fingerprint density at radius 3 is 2.80 bits per heavy atom. The van der Waals surface area contributed by atoms with Crippen molar-refractivity contribution < 1.29 is 4.74 Å². The molecule has 0 bridgehead atoms. The van der Waals surface area contributed by atoms with E-state index < -0.39 is 0 Å². The first-order chi connectivity index (χ1) is 7.19. The van der Waals surface area contributed by atoms with Crippen LogP contribution in [0.5, 0.6) is 5.88 Å². The zero-order valence-corrected chi connectivity index (χ0v) is 9.95. The summed E-state index contributed by atoms with van der Waals surface area (Å²) < 4.78 is 5.19. The number of anilines is 1. The van der Waals surface area contributed by atoms with Crippen molar-refractivity contribution in [1.29, 1.82) is 0 Å². The number of hydrogen-bond donors (Lipinski definition) is 1. The van der Waals surface area contributed by atoms with Crippen molar-refractivity contribution in [2.24, 2.45) is 5.92 Å². The first-order valence-corrected chi connectivity index (χ1v) is 5.44. The van der Waals surface area contributed by atoms with Crippen LogP contribution in [0.3, 0.4) is 0 Å². The van der Waals surface area contributed by atoms with Crippen molar-refractivity contribution in [2.75, 3.05) is 12.4 Å². The highest BCUT2D eigenvalue weighted by Crippen LogP contribution is 2.22. The Hall–Kier alpha value is -1.25. The van der Waals surface area contributed by atoms with Crippen LogP contribution in [-0.4, -0.2) is 18.1 Å². The molecule has 0 amide bonds. The van der Waals surface area contributed by atoms with Gasteiger partial charge in [-0.2, -0.15) is 0 Å². The third-order valence-corrected chi connectivity index (χ3v) is 2.85. The quantitative estimate of drug-likeness (QED) is 0.807. The zero-order valence-electron chi connectivity index (χ0n) is 9.95. The molecule has 3 heteroatoms. The van der Waals surface area contributed by atoms with E-state index >= 15 is 0 Å². The normalized spacial score (nSPS) is 14.4. The highest BCUT2D eigenvalue weighted by Gasteiger charge is 2.12. The van der Waals surface area contributed by atoms with Crippen molar-refractivity contribution >= 4 is 5.69 Å². The van der Waals surface area contributed by atoms with Crippen molar-refractivity contribution in [2.45, 2.75) is 33.2 Å². The molecule has 0 aliphatic heterocycles. The predicted octanol–water partition coefficient (Wildman–Crippen LogP) is 2.94. The highest BCUT2D eigenvalue weighted by atomic mass is 16.5. The standard InChI is InChI=1S/C12H20N2O/c1-5-9(2)10(3)14-11-7-6-8-13-12(11)15-4/h6-10,14H,5H2,1-4H3/t9-,10-/m1/s1. The smallest absolute Gasteiger partial charge is 0.237 e. The van der Waals surface area contributed by atoms with Gasteiger partial charge < -0.3 is 10.1 Å². The minimum atomic E-state index is 0.424. The van der Waals surface area contributed by atoms with Crippen LogP contribution in [-0.2, 0) is 0 Å². The van der Waals surface area contributed by atoms with E-state index in [1.807, 2.05) is 12.1 Å². The van der Waals surface area contributed by atoms with Gasteiger partial charge in [0.2, 0.25) is 5.88 Å². The molecule has 0 aliphatic carbocycles. The lowest BCUT2D eigenvalue weighted by molar-refractivity contribution is 0.398. The number of rotatable bonds is 5. The van der Waals surface area contributed by atoms with Gasteiger partial charge in [0, 0.05) is 12.2 Å². The van der Waals surface area contributed by atoms with Gasteiger partial charge in [0.05, 0.1) is 12.8 Å². The molecule has 0 aromatic carbocycles. The summed E-state index contributed by atoms with van der Waals surface area (Å²) in [4.78, 5) is 4.15. The second-order valence-corrected chi connectivity index (χ2v) is 3.88. The van der Waals surface area contributed by atoms with E-state index in [1.165, 1.54) is 0 Å². The van der Waals surface area contributed by atoms with E-state index in [-0.39, 0.29) is 0 Å². The molecule has 1 heterocycles. The van der Waals surface area contributed by atoms with Crippen LogP contribution in [0.25, 0.3) is 0 Å². The van der Waals surface area contributed by atoms with Crippen molar-refractivity contribution in [3.63, 3.8) is 0 Å². The molecule has 3 nitrogen and oxygen atoms in total. The molecule has 84 valence electrons. The van der Waals surface area contributed by atoms with Crippen LogP contribution in [0.2, 0.25) is 0 Å². The van der Waals surface area contributed by atoms with Gasteiger partial charge in [-0.1, -0.05) is 20.3 Å². The van der Waals surface area contributed by atoms with Crippen LogP contribution in [0.15, 0.2) is 18.3 Å². The molecule has 1 rings (SSSR count). The maximum absolute atomic E-state index is 5.19. The van der Waals surface area contributed by atoms with Gasteiger partial charge >= 0.3 is 0 Å². The lowest BCUT2D eigenvalue weighted by atomic mass is 10.0. The first kappa shape index (κ1) is 11.8. The summed E-state index contributed by atoms with van der Waals surface area (Å²) in [6, 6.07) is 4.33. The van der Waals surface area contributed by atoms with E-state index in [9.17, 15) is 0 Å². The Balaban J connectivity index is 2.71. The number of nitrogens with one attached hydrogen (secondary N) is 1. The number of methoxy groups -OCH3 is 1. The van der Waals surface area contributed by atoms with E-state index in [4.69, 9.17) is 4.74 Å². The number of ether oxygens (including phenoxy) is 1. The molecule has 0 fully saturated rings. The molecule has 1 N–H and O–H groups in total. The van der Waals surface area contributed by atoms with E-state index in [0.29, 0.717) is 17.8 Å². The molecule has 0 saturated heterocycles. The molecular formula is C12H20N2O. The van der Waals surface area contributed by atoms with Crippen molar-refractivity contribution in [3.05, 3.63) is 18.3 Å². The maximum Gasteiger partial charge on any atom is 0.237 e. The summed E-state index contributed by atoms with van der Waals surface area (Å²) in [5.41, 5.74) is 0.966. The molecule has 0 aliphatic rings. The topological polar surface area (TPSA) is 34.2 Å². The van der Waals surface area contributed by atoms with E-state index in [2.05, 4.69) is 31.1 Å². The molecule has 1 aromatic rings. The summed E-state index contributed by atoms with van der Waals surface area (Å²) in [6.45, 7) is 6.62. The Morgan fingerprint density at radius 1 is 1.47 bits per heavy atom. The van der Waals surface area contributed by atoms with E-state index in [0.717, 1.165) is 12.1 Å². The van der Waals surface area contributed by atoms with Gasteiger partial charge in [-0.15, -0.1) is 0 Å². The highest BCUT2D eigenvalue weighted by molar-refractivity contribution is 5.52. The van der Waals surface area contributed by atoms with Gasteiger partial charge in [0.15, 0.2) is 0 Å². The molecule has 2 atom stereocenters. The fourth-order valence-corrected chi connectivity index (χ4v) is 1.40. The average molecular weight is 208 g/mol. The average Bonchev–Trinajstić information content (AvgIpc) is 2.28. The Kier molecular flexibility index (Phi) is 4.40. The minimum absolute atomic E-state index is 0.424. The molecule has 0 unspecified atom stereocenters. The van der Waals surface area contributed by atoms with Crippen LogP contribution < -0.4 is 10.1 Å². The predicted molar refractivity (Wildman–Crippen MR) is 63.3 cm³/mol. The van der Waals surface area contributed by atoms with Gasteiger partial charge in [-0.3, -0.25) is 0 Å². The first-order valence-electron chi connectivity index (χ1n) is 5.44. The number of pyridine rings is 1. The summed E-state index contributed by atoms with van der Waals surface area (Å²) in [5.74, 6) is 1.29. The monoisotopic (exact) mass is 208 g/mol. The molecule has 0 saturated carbocycles. The van der Waals surface area contributed by atoms with Crippen LogP contribution in [0, 0.1) is 5.92 Å². The van der Waals surface area contributed by atoms with Crippen LogP contribution in [0.4, 0.5) is 5.69 Å². The van der Waals surface area contributed by atoms with Gasteiger partial charge in [-0.25, -0.2) is 4.98 Å². The lowest BCUT2D eigenvalue weighted by Crippen LogP contribution is -2.23. The van der Waals surface area contributed by atoms with Crippen LogP contribution in [0.1, 0.15) is 27.2 Å². The summed E-state index contributed by atoms with van der Waals surface area (Å²) in [6.07, 6.45) is 2.90. The summed E-state index contributed by atoms with van der Waals surface area (Å²) >= 11 is 0. The van der Waals surface area contributed by atoms with Crippen molar-refractivity contribution in [1.82, 2.24) is 4.98 Å². The third-order valence-electron chi connectivity index (χ3n) is 2.85. The maximum atomic E-state index is 5.19. The molecule has 0 spiro atoms. The summed E-state index contributed by atoms with van der Waals surface area (Å²) in [5, 5.41) is 3.42. The zero-order chi connectivity index (χ0) is 11.3. The Bertz CT molecular complexity index is 301. The Labute approximate surface area is 91.9 Å². The van der Waals surface area contributed by atoms with Gasteiger partial charge in [-0.05, 0) is 25.0 Å². The Morgan fingerprint density at radius 2 is 2.20 bits per heavy atom. The van der Waals surface area contributed by atoms with Crippen LogP contribution >= 0.6 is 0 Å². The summed E-state index contributed by atoms with van der Waals surface area (Å²) in [7, 11) is 1.64. The second-order valence-electron chi connectivity index (χ2n) is 3.88. The third kappa shape index (κ3) is 3.11. The largest absolute Gasteiger partial charge is 0.480 e. The number of nitrogens with zero attached hydrogens (tertiary/aromatic N) is 1. The SMILES string of the molecule is CC[C@@H](C)[C@@H](C)Nc1cccnc1OC. The molecular weight excluding hydrogens is 188 g/mol. The number of aromatic nitrogens is 1. The molecule has 0 radical (unpaired) electrons. The lowest BCUT2D eigenvalue weighted by Gasteiger charge is -2.21. The minimum Gasteiger partial charge on any atom is -0.480 e. The van der Waals surface area contributed by atoms with Gasteiger partial charge in [0.25, 0.3) is 0 Å². The fourth-order valence-electron chi connectivity index (χ4n) is 1.40. The van der Waals surface area contributed by atoms with Gasteiger partial charge in [0.1, 0.15) is 0 Å². The fraction of sp³-hybridized carbons (Fsp3) is 0.583. The molecule has 15 heavy (non-hydrogen) atoms. The van der Waals surface area contributed by atoms with Crippen molar-refractivity contribution in [3.8, 4) is 5.88 Å². The number of hydrogen-bond acceptors (Lipinski definition) is 3.